The van der Waals surface area contributed by atoms with Crippen LogP contribution in [-0.4, -0.2) is 79.4 Å². The highest BCUT2D eigenvalue weighted by Gasteiger charge is 2.27. The van der Waals surface area contributed by atoms with Crippen LogP contribution in [0.25, 0.3) is 0 Å². The van der Waals surface area contributed by atoms with Crippen molar-refractivity contribution < 1.29 is 14.6 Å². The van der Waals surface area contributed by atoms with Crippen LogP contribution in [0.4, 0.5) is 5.69 Å². The zero-order valence-corrected chi connectivity index (χ0v) is 14.8. The fraction of sp³-hybridized carbons (Fsp3) is 0.632. The Labute approximate surface area is 149 Å². The fourth-order valence-electron chi connectivity index (χ4n) is 3.64. The normalized spacial score (nSPS) is 24.0. The van der Waals surface area contributed by atoms with E-state index in [1.54, 1.807) is 0 Å². The largest absolute Gasteiger partial charge is 0.390 e. The minimum Gasteiger partial charge on any atom is -0.390 e. The molecule has 3 rings (SSSR count). The molecule has 0 aliphatic carbocycles. The van der Waals surface area contributed by atoms with E-state index < -0.39 is 0 Å². The lowest BCUT2D eigenvalue weighted by atomic mass is 9.96. The molecule has 1 aromatic rings. The van der Waals surface area contributed by atoms with Gasteiger partial charge in [-0.1, -0.05) is 18.2 Å². The number of ether oxygens (including phenoxy) is 1. The molecule has 0 aromatic heterocycles. The third-order valence-corrected chi connectivity index (χ3v) is 4.96. The summed E-state index contributed by atoms with van der Waals surface area (Å²) in [5.41, 5.74) is 0.844. The van der Waals surface area contributed by atoms with Gasteiger partial charge in [0.05, 0.1) is 25.2 Å². The summed E-state index contributed by atoms with van der Waals surface area (Å²) in [5, 5.41) is 13.4. The van der Waals surface area contributed by atoms with E-state index in [1.807, 2.05) is 30.3 Å². The molecule has 2 saturated heterocycles. The van der Waals surface area contributed by atoms with Crippen LogP contribution in [0.5, 0.6) is 0 Å². The van der Waals surface area contributed by atoms with Crippen LogP contribution >= 0.6 is 0 Å². The molecule has 0 saturated carbocycles. The first-order chi connectivity index (χ1) is 12.2. The third kappa shape index (κ3) is 5.78. The van der Waals surface area contributed by atoms with Crippen LogP contribution in [0.3, 0.4) is 0 Å². The zero-order chi connectivity index (χ0) is 17.5. The van der Waals surface area contributed by atoms with Crippen LogP contribution in [-0.2, 0) is 9.53 Å². The average molecular weight is 347 g/mol. The number of aliphatic hydroxyl groups excluding tert-OH is 1. The van der Waals surface area contributed by atoms with Gasteiger partial charge in [0.15, 0.2) is 0 Å². The fourth-order valence-corrected chi connectivity index (χ4v) is 3.64. The van der Waals surface area contributed by atoms with E-state index in [-0.39, 0.29) is 17.9 Å². The van der Waals surface area contributed by atoms with Gasteiger partial charge in [-0.05, 0) is 31.5 Å². The van der Waals surface area contributed by atoms with Crippen molar-refractivity contribution in [3.8, 4) is 0 Å². The van der Waals surface area contributed by atoms with Gasteiger partial charge in [0.2, 0.25) is 5.91 Å². The molecule has 2 atom stereocenters. The van der Waals surface area contributed by atoms with Gasteiger partial charge in [0.1, 0.15) is 0 Å². The molecular weight excluding hydrogens is 318 g/mol. The van der Waals surface area contributed by atoms with E-state index in [1.165, 1.54) is 0 Å². The Kier molecular flexibility index (Phi) is 6.81. The Balaban J connectivity index is 1.44. The van der Waals surface area contributed by atoms with Gasteiger partial charge in [-0.15, -0.1) is 0 Å². The summed E-state index contributed by atoms with van der Waals surface area (Å²) in [4.78, 5) is 17.0. The highest BCUT2D eigenvalue weighted by molar-refractivity contribution is 5.92. The quantitative estimate of drug-likeness (QED) is 0.805. The number of piperidine rings is 1. The Bertz CT molecular complexity index is 534. The number of morpholine rings is 1. The standard InChI is InChI=1S/C19H29N3O3/c23-18(14-21-9-11-25-12-10-21)15-22-8-4-5-16(13-22)19(24)20-17-6-2-1-3-7-17/h1-3,6-7,16,18,23H,4-5,8-15H2,(H,20,24). The second-order valence-corrected chi connectivity index (χ2v) is 7.02. The van der Waals surface area contributed by atoms with Crippen LogP contribution in [0.15, 0.2) is 30.3 Å². The Morgan fingerprint density at radius 2 is 1.88 bits per heavy atom. The topological polar surface area (TPSA) is 65.0 Å². The summed E-state index contributed by atoms with van der Waals surface area (Å²) in [6.45, 7) is 6.26. The minimum absolute atomic E-state index is 0.00968. The van der Waals surface area contributed by atoms with Crippen LogP contribution < -0.4 is 5.32 Å². The number of amides is 1. The molecule has 2 heterocycles. The predicted molar refractivity (Wildman–Crippen MR) is 97.5 cm³/mol. The number of anilines is 1. The Hall–Kier alpha value is -1.47. The summed E-state index contributed by atoms with van der Waals surface area (Å²) in [5.74, 6) is 0.0723. The summed E-state index contributed by atoms with van der Waals surface area (Å²) in [6.07, 6.45) is 1.53. The van der Waals surface area contributed by atoms with Gasteiger partial charge in [0, 0.05) is 38.4 Å². The molecule has 2 N–H and O–H groups in total. The lowest BCUT2D eigenvalue weighted by molar-refractivity contribution is -0.121. The smallest absolute Gasteiger partial charge is 0.228 e. The van der Waals surface area contributed by atoms with Gasteiger partial charge < -0.3 is 15.2 Å². The SMILES string of the molecule is O=C(Nc1ccccc1)C1CCCN(CC(O)CN2CCOCC2)C1. The van der Waals surface area contributed by atoms with Crippen LogP contribution in [0.1, 0.15) is 12.8 Å². The summed E-state index contributed by atoms with van der Waals surface area (Å²) in [6, 6.07) is 9.60. The number of hydrogen-bond donors (Lipinski definition) is 2. The lowest BCUT2D eigenvalue weighted by Crippen LogP contribution is -2.47. The number of aliphatic hydroxyl groups is 1. The molecule has 6 heteroatoms. The maximum atomic E-state index is 12.5. The molecule has 2 aliphatic rings. The van der Waals surface area contributed by atoms with E-state index in [9.17, 15) is 9.90 Å². The highest BCUT2D eigenvalue weighted by atomic mass is 16.5. The summed E-state index contributed by atoms with van der Waals surface area (Å²) >= 11 is 0. The number of nitrogens with zero attached hydrogens (tertiary/aromatic N) is 2. The molecule has 1 aromatic carbocycles. The van der Waals surface area contributed by atoms with Gasteiger partial charge in [-0.3, -0.25) is 14.6 Å². The molecule has 2 aliphatic heterocycles. The monoisotopic (exact) mass is 347 g/mol. The molecule has 0 radical (unpaired) electrons. The van der Waals surface area contributed by atoms with Crippen molar-refractivity contribution in [2.75, 3.05) is 57.8 Å². The first kappa shape index (κ1) is 18.3. The minimum atomic E-state index is -0.381. The van der Waals surface area contributed by atoms with Crippen molar-refractivity contribution in [3.63, 3.8) is 0 Å². The van der Waals surface area contributed by atoms with Crippen LogP contribution in [0, 0.1) is 5.92 Å². The Morgan fingerprint density at radius 3 is 2.64 bits per heavy atom. The number of rotatable bonds is 6. The summed E-state index contributed by atoms with van der Waals surface area (Å²) in [7, 11) is 0. The highest BCUT2D eigenvalue weighted by Crippen LogP contribution is 2.19. The molecule has 1 amide bonds. The first-order valence-corrected chi connectivity index (χ1v) is 9.27. The first-order valence-electron chi connectivity index (χ1n) is 9.27. The molecule has 25 heavy (non-hydrogen) atoms. The molecule has 2 unspecified atom stereocenters. The third-order valence-electron chi connectivity index (χ3n) is 4.96. The van der Waals surface area contributed by atoms with E-state index in [2.05, 4.69) is 15.1 Å². The maximum Gasteiger partial charge on any atom is 0.228 e. The lowest BCUT2D eigenvalue weighted by Gasteiger charge is -2.35. The van der Waals surface area contributed by atoms with Crippen molar-refractivity contribution in [1.29, 1.82) is 0 Å². The van der Waals surface area contributed by atoms with Gasteiger partial charge in [-0.2, -0.15) is 0 Å². The molecule has 6 nitrogen and oxygen atoms in total. The second kappa shape index (κ2) is 9.29. The zero-order valence-electron chi connectivity index (χ0n) is 14.8. The number of nitrogens with one attached hydrogen (secondary N) is 1. The number of para-hydroxylation sites is 1. The number of benzene rings is 1. The van der Waals surface area contributed by atoms with Crippen molar-refractivity contribution in [1.82, 2.24) is 9.80 Å². The number of β-amino-alcohol motifs (C(OH)–C–C–N with tert-alkyl or cyclic N) is 1. The average Bonchev–Trinajstić information content (AvgIpc) is 2.63. The molecule has 2 fully saturated rings. The number of carbonyl (C=O) groups excluding carboxylic acids is 1. The van der Waals surface area contributed by atoms with Crippen molar-refractivity contribution in [2.24, 2.45) is 5.92 Å². The van der Waals surface area contributed by atoms with Gasteiger partial charge >= 0.3 is 0 Å². The van der Waals surface area contributed by atoms with E-state index >= 15 is 0 Å². The molecule has 0 spiro atoms. The van der Waals surface area contributed by atoms with Crippen LogP contribution in [0.2, 0.25) is 0 Å². The molecule has 138 valence electrons. The van der Waals surface area contributed by atoms with Crippen molar-refractivity contribution in [3.05, 3.63) is 30.3 Å². The van der Waals surface area contributed by atoms with E-state index in [0.717, 1.165) is 57.9 Å². The summed E-state index contributed by atoms with van der Waals surface area (Å²) < 4.78 is 5.34. The molecule has 0 bridgehead atoms. The van der Waals surface area contributed by atoms with Crippen molar-refractivity contribution in [2.45, 2.75) is 18.9 Å². The van der Waals surface area contributed by atoms with Gasteiger partial charge in [-0.25, -0.2) is 0 Å². The maximum absolute atomic E-state index is 12.5. The second-order valence-electron chi connectivity index (χ2n) is 7.02. The van der Waals surface area contributed by atoms with E-state index in [4.69, 9.17) is 4.74 Å². The number of hydrogen-bond acceptors (Lipinski definition) is 5. The number of likely N-dealkylation sites (tertiary alicyclic amines) is 1. The Morgan fingerprint density at radius 1 is 1.16 bits per heavy atom. The number of carbonyl (C=O) groups is 1. The van der Waals surface area contributed by atoms with E-state index in [0.29, 0.717) is 13.1 Å². The predicted octanol–water partition coefficient (Wildman–Crippen LogP) is 1.03. The van der Waals surface area contributed by atoms with Crippen molar-refractivity contribution >= 4 is 11.6 Å². The molecular formula is C19H29N3O3. The van der Waals surface area contributed by atoms with Gasteiger partial charge in [0.25, 0.3) is 0 Å².